The Hall–Kier alpha value is -1.35. The molecule has 3 N–H and O–H groups in total. The summed E-state index contributed by atoms with van der Waals surface area (Å²) in [7, 11) is 0. The summed E-state index contributed by atoms with van der Waals surface area (Å²) in [6.45, 7) is 4.78. The lowest BCUT2D eigenvalue weighted by Gasteiger charge is -2.19. The quantitative estimate of drug-likeness (QED) is 0.853. The summed E-state index contributed by atoms with van der Waals surface area (Å²) in [5, 5.41) is 3.04. The first-order valence-corrected chi connectivity index (χ1v) is 7.23. The number of fused-ring (bicyclic) bond motifs is 1. The molecule has 3 heteroatoms. The van der Waals surface area contributed by atoms with Crippen molar-refractivity contribution >= 4 is 5.91 Å². The first-order valence-electron chi connectivity index (χ1n) is 7.23. The van der Waals surface area contributed by atoms with Crippen molar-refractivity contribution in [3.63, 3.8) is 0 Å². The molecule has 1 unspecified atom stereocenters. The van der Waals surface area contributed by atoms with Gasteiger partial charge in [-0.15, -0.1) is 0 Å². The number of carbonyl (C=O) groups excluding carboxylic acids is 1. The molecule has 19 heavy (non-hydrogen) atoms. The lowest BCUT2D eigenvalue weighted by molar-refractivity contribution is 0.0933. The van der Waals surface area contributed by atoms with E-state index in [-0.39, 0.29) is 11.9 Å². The van der Waals surface area contributed by atoms with E-state index in [2.05, 4.69) is 25.2 Å². The third-order valence-electron chi connectivity index (χ3n) is 3.74. The van der Waals surface area contributed by atoms with Crippen LogP contribution in [0.1, 0.15) is 48.2 Å². The molecule has 1 aliphatic rings. The van der Waals surface area contributed by atoms with Crippen LogP contribution in [0.3, 0.4) is 0 Å². The zero-order chi connectivity index (χ0) is 13.8. The van der Waals surface area contributed by atoms with Crippen molar-refractivity contribution in [2.75, 3.05) is 6.54 Å². The van der Waals surface area contributed by atoms with Crippen LogP contribution in [-0.4, -0.2) is 18.5 Å². The van der Waals surface area contributed by atoms with Gasteiger partial charge in [-0.2, -0.15) is 0 Å². The molecule has 2 rings (SSSR count). The number of amides is 1. The highest BCUT2D eigenvalue weighted by molar-refractivity contribution is 5.94. The first-order chi connectivity index (χ1) is 9.10. The summed E-state index contributed by atoms with van der Waals surface area (Å²) >= 11 is 0. The van der Waals surface area contributed by atoms with E-state index in [1.54, 1.807) is 0 Å². The van der Waals surface area contributed by atoms with Gasteiger partial charge >= 0.3 is 0 Å². The second kappa shape index (κ2) is 6.20. The average molecular weight is 260 g/mol. The van der Waals surface area contributed by atoms with Gasteiger partial charge in [-0.1, -0.05) is 19.9 Å². The van der Waals surface area contributed by atoms with Crippen LogP contribution in [0.25, 0.3) is 0 Å². The summed E-state index contributed by atoms with van der Waals surface area (Å²) in [6, 6.07) is 6.14. The van der Waals surface area contributed by atoms with Gasteiger partial charge in [0.15, 0.2) is 0 Å². The third-order valence-corrected chi connectivity index (χ3v) is 3.74. The van der Waals surface area contributed by atoms with Crippen molar-refractivity contribution in [2.24, 2.45) is 11.7 Å². The summed E-state index contributed by atoms with van der Waals surface area (Å²) in [4.78, 5) is 12.2. The highest BCUT2D eigenvalue weighted by Crippen LogP contribution is 2.22. The Bertz CT molecular complexity index is 454. The van der Waals surface area contributed by atoms with Crippen LogP contribution >= 0.6 is 0 Å². The van der Waals surface area contributed by atoms with Gasteiger partial charge in [-0.25, -0.2) is 0 Å². The van der Waals surface area contributed by atoms with Gasteiger partial charge in [0.25, 0.3) is 5.91 Å². The molecule has 0 fully saturated rings. The van der Waals surface area contributed by atoms with Crippen molar-refractivity contribution in [3.8, 4) is 0 Å². The maximum absolute atomic E-state index is 12.2. The molecule has 0 aliphatic heterocycles. The molecule has 1 aliphatic carbocycles. The van der Waals surface area contributed by atoms with E-state index in [4.69, 9.17) is 5.73 Å². The summed E-state index contributed by atoms with van der Waals surface area (Å²) < 4.78 is 0. The van der Waals surface area contributed by atoms with E-state index >= 15 is 0 Å². The van der Waals surface area contributed by atoms with Crippen molar-refractivity contribution < 1.29 is 4.79 Å². The molecule has 104 valence electrons. The van der Waals surface area contributed by atoms with Crippen molar-refractivity contribution in [1.82, 2.24) is 5.32 Å². The standard InChI is InChI=1S/C16H24N2O/c1-11(2)8-15(10-17)18-16(19)14-7-6-12-4-3-5-13(12)9-14/h6-7,9,11,15H,3-5,8,10,17H2,1-2H3,(H,18,19). The number of aryl methyl sites for hydroxylation is 2. The summed E-state index contributed by atoms with van der Waals surface area (Å²) in [5.74, 6) is 0.541. The van der Waals surface area contributed by atoms with Crippen LogP contribution in [0.2, 0.25) is 0 Å². The number of carbonyl (C=O) groups is 1. The number of nitrogens with two attached hydrogens (primary N) is 1. The zero-order valence-electron chi connectivity index (χ0n) is 11.9. The minimum atomic E-state index is 0.00537. The predicted molar refractivity (Wildman–Crippen MR) is 78.2 cm³/mol. The molecule has 1 amide bonds. The lowest BCUT2D eigenvalue weighted by Crippen LogP contribution is -2.41. The van der Waals surface area contributed by atoms with Gasteiger partial charge in [-0.05, 0) is 54.9 Å². The Morgan fingerprint density at radius 3 is 2.74 bits per heavy atom. The van der Waals surface area contributed by atoms with E-state index in [0.29, 0.717) is 12.5 Å². The smallest absolute Gasteiger partial charge is 0.251 e. The van der Waals surface area contributed by atoms with Crippen molar-refractivity contribution in [3.05, 3.63) is 34.9 Å². The van der Waals surface area contributed by atoms with Gasteiger partial charge in [0, 0.05) is 18.2 Å². The second-order valence-corrected chi connectivity index (χ2v) is 5.87. The van der Waals surface area contributed by atoms with E-state index in [1.165, 1.54) is 17.5 Å². The third kappa shape index (κ3) is 3.57. The van der Waals surface area contributed by atoms with Crippen molar-refractivity contribution in [2.45, 2.75) is 45.6 Å². The van der Waals surface area contributed by atoms with E-state index in [1.807, 2.05) is 12.1 Å². The number of hydrogen-bond acceptors (Lipinski definition) is 2. The molecule has 1 aromatic carbocycles. The van der Waals surface area contributed by atoms with Crippen LogP contribution in [0.4, 0.5) is 0 Å². The van der Waals surface area contributed by atoms with Gasteiger partial charge in [0.05, 0.1) is 0 Å². The van der Waals surface area contributed by atoms with Crippen LogP contribution in [0.15, 0.2) is 18.2 Å². The van der Waals surface area contributed by atoms with Crippen LogP contribution in [-0.2, 0) is 12.8 Å². The second-order valence-electron chi connectivity index (χ2n) is 5.87. The molecule has 1 atom stereocenters. The molecule has 0 saturated heterocycles. The molecule has 0 heterocycles. The van der Waals surface area contributed by atoms with E-state index in [9.17, 15) is 4.79 Å². The normalized spacial score (nSPS) is 15.4. The fourth-order valence-electron chi connectivity index (χ4n) is 2.76. The molecule has 0 radical (unpaired) electrons. The number of hydrogen-bond donors (Lipinski definition) is 2. The zero-order valence-corrected chi connectivity index (χ0v) is 11.9. The highest BCUT2D eigenvalue weighted by Gasteiger charge is 2.16. The summed E-state index contributed by atoms with van der Waals surface area (Å²) in [5.41, 5.74) is 9.22. The SMILES string of the molecule is CC(C)CC(CN)NC(=O)c1ccc2c(c1)CCC2. The van der Waals surface area contributed by atoms with E-state index in [0.717, 1.165) is 24.8 Å². The van der Waals surface area contributed by atoms with Crippen LogP contribution in [0, 0.1) is 5.92 Å². The Balaban J connectivity index is 2.03. The lowest BCUT2D eigenvalue weighted by atomic mass is 10.0. The first kappa shape index (κ1) is 14.1. The minimum absolute atomic E-state index is 0.00537. The Labute approximate surface area is 115 Å². The number of benzene rings is 1. The molecular weight excluding hydrogens is 236 g/mol. The van der Waals surface area contributed by atoms with E-state index < -0.39 is 0 Å². The fourth-order valence-corrected chi connectivity index (χ4v) is 2.76. The van der Waals surface area contributed by atoms with Gasteiger partial charge in [-0.3, -0.25) is 4.79 Å². The molecule has 0 aromatic heterocycles. The maximum Gasteiger partial charge on any atom is 0.251 e. The predicted octanol–water partition coefficient (Wildman–Crippen LogP) is 2.28. The molecule has 1 aromatic rings. The van der Waals surface area contributed by atoms with Crippen molar-refractivity contribution in [1.29, 1.82) is 0 Å². The average Bonchev–Trinajstić information content (AvgIpc) is 2.84. The van der Waals surface area contributed by atoms with Gasteiger partial charge < -0.3 is 11.1 Å². The molecule has 0 bridgehead atoms. The maximum atomic E-state index is 12.2. The van der Waals surface area contributed by atoms with Gasteiger partial charge in [0.2, 0.25) is 0 Å². The highest BCUT2D eigenvalue weighted by atomic mass is 16.1. The summed E-state index contributed by atoms with van der Waals surface area (Å²) in [6.07, 6.45) is 4.38. The molecule has 3 nitrogen and oxygen atoms in total. The largest absolute Gasteiger partial charge is 0.348 e. The van der Waals surface area contributed by atoms with Crippen LogP contribution < -0.4 is 11.1 Å². The monoisotopic (exact) mass is 260 g/mol. The Morgan fingerprint density at radius 2 is 2.05 bits per heavy atom. The fraction of sp³-hybridized carbons (Fsp3) is 0.562. The number of rotatable bonds is 5. The Morgan fingerprint density at radius 1 is 1.32 bits per heavy atom. The molecule has 0 saturated carbocycles. The number of nitrogens with one attached hydrogen (secondary N) is 1. The topological polar surface area (TPSA) is 55.1 Å². The Kier molecular flexibility index (Phi) is 4.59. The van der Waals surface area contributed by atoms with Gasteiger partial charge in [0.1, 0.15) is 0 Å². The molecular formula is C16H24N2O. The minimum Gasteiger partial charge on any atom is -0.348 e. The van der Waals surface area contributed by atoms with Crippen LogP contribution in [0.5, 0.6) is 0 Å². The molecule has 0 spiro atoms.